The average molecular weight is 256 g/mol. The summed E-state index contributed by atoms with van der Waals surface area (Å²) in [7, 11) is 2.28. The van der Waals surface area contributed by atoms with Gasteiger partial charge in [-0.1, -0.05) is 27.7 Å². The molecule has 2 nitrogen and oxygen atoms in total. The molecule has 0 fully saturated rings. The maximum atomic E-state index is 3.67. The lowest BCUT2D eigenvalue weighted by Gasteiger charge is -2.38. The zero-order valence-electron chi connectivity index (χ0n) is 14.1. The quantitative estimate of drug-likeness (QED) is 0.708. The van der Waals surface area contributed by atoms with Crippen LogP contribution in [0.25, 0.3) is 0 Å². The second-order valence-electron chi connectivity index (χ2n) is 7.15. The first-order valence-electron chi connectivity index (χ1n) is 7.62. The van der Waals surface area contributed by atoms with E-state index in [1.54, 1.807) is 0 Å². The highest BCUT2D eigenvalue weighted by Gasteiger charge is 2.27. The average Bonchev–Trinajstić information content (AvgIpc) is 2.27. The number of nitrogens with one attached hydrogen (secondary N) is 1. The molecule has 2 heteroatoms. The molecule has 1 N–H and O–H groups in total. The van der Waals surface area contributed by atoms with Crippen molar-refractivity contribution in [3.63, 3.8) is 0 Å². The maximum absolute atomic E-state index is 3.67. The fourth-order valence-electron chi connectivity index (χ4n) is 2.41. The molecule has 0 aliphatic rings. The van der Waals surface area contributed by atoms with E-state index in [1.165, 1.54) is 25.8 Å². The minimum Gasteiger partial charge on any atom is -0.311 e. The molecule has 0 saturated heterocycles. The predicted molar refractivity (Wildman–Crippen MR) is 83.2 cm³/mol. The standard InChI is InChI=1S/C16H36N2/c1-9-14(10-2)18(8)13-16(7,11-3)12-17-15(4,5)6/h14,17H,9-13H2,1-8H3. The third kappa shape index (κ3) is 6.75. The Morgan fingerprint density at radius 3 is 1.83 bits per heavy atom. The van der Waals surface area contributed by atoms with Crippen LogP contribution < -0.4 is 5.32 Å². The van der Waals surface area contributed by atoms with E-state index < -0.39 is 0 Å². The van der Waals surface area contributed by atoms with E-state index in [1.807, 2.05) is 0 Å². The molecular weight excluding hydrogens is 220 g/mol. The van der Waals surface area contributed by atoms with Gasteiger partial charge >= 0.3 is 0 Å². The SMILES string of the molecule is CCC(CC)N(C)CC(C)(CC)CNC(C)(C)C. The van der Waals surface area contributed by atoms with Gasteiger partial charge in [0.05, 0.1) is 0 Å². The van der Waals surface area contributed by atoms with E-state index in [-0.39, 0.29) is 5.54 Å². The number of hydrogen-bond acceptors (Lipinski definition) is 2. The zero-order valence-corrected chi connectivity index (χ0v) is 14.1. The third-order valence-electron chi connectivity index (χ3n) is 4.10. The molecule has 110 valence electrons. The second kappa shape index (κ2) is 7.49. The monoisotopic (exact) mass is 256 g/mol. The fourth-order valence-corrected chi connectivity index (χ4v) is 2.41. The lowest BCUT2D eigenvalue weighted by Crippen LogP contribution is -2.48. The second-order valence-corrected chi connectivity index (χ2v) is 7.15. The summed E-state index contributed by atoms with van der Waals surface area (Å²) in [5, 5.41) is 3.67. The van der Waals surface area contributed by atoms with Crippen molar-refractivity contribution in [3.8, 4) is 0 Å². The first-order valence-corrected chi connectivity index (χ1v) is 7.62. The van der Waals surface area contributed by atoms with Gasteiger partial charge in [-0.15, -0.1) is 0 Å². The molecule has 0 heterocycles. The van der Waals surface area contributed by atoms with Gasteiger partial charge in [0.25, 0.3) is 0 Å². The van der Waals surface area contributed by atoms with Crippen molar-refractivity contribution in [2.75, 3.05) is 20.1 Å². The lowest BCUT2D eigenvalue weighted by molar-refractivity contribution is 0.128. The molecule has 0 radical (unpaired) electrons. The van der Waals surface area contributed by atoms with Crippen LogP contribution in [-0.2, 0) is 0 Å². The van der Waals surface area contributed by atoms with Crippen molar-refractivity contribution in [1.29, 1.82) is 0 Å². The van der Waals surface area contributed by atoms with Crippen molar-refractivity contribution in [2.24, 2.45) is 5.41 Å². The number of nitrogens with zero attached hydrogens (tertiary/aromatic N) is 1. The van der Waals surface area contributed by atoms with Gasteiger partial charge in [-0.25, -0.2) is 0 Å². The highest BCUT2D eigenvalue weighted by atomic mass is 15.1. The highest BCUT2D eigenvalue weighted by Crippen LogP contribution is 2.24. The van der Waals surface area contributed by atoms with Gasteiger partial charge in [0.15, 0.2) is 0 Å². The van der Waals surface area contributed by atoms with E-state index in [0.717, 1.165) is 12.6 Å². The van der Waals surface area contributed by atoms with Crippen molar-refractivity contribution in [1.82, 2.24) is 10.2 Å². The molecule has 1 unspecified atom stereocenters. The Morgan fingerprint density at radius 1 is 1.00 bits per heavy atom. The molecular formula is C16H36N2. The van der Waals surface area contributed by atoms with Gasteiger partial charge in [-0.2, -0.15) is 0 Å². The maximum Gasteiger partial charge on any atom is 0.00967 e. The summed E-state index contributed by atoms with van der Waals surface area (Å²) >= 11 is 0. The Bertz CT molecular complexity index is 216. The Kier molecular flexibility index (Phi) is 7.46. The van der Waals surface area contributed by atoms with Gasteiger partial charge in [-0.3, -0.25) is 0 Å². The lowest BCUT2D eigenvalue weighted by atomic mass is 9.85. The molecule has 0 aliphatic heterocycles. The van der Waals surface area contributed by atoms with Crippen LogP contribution in [0.15, 0.2) is 0 Å². The molecule has 1 atom stereocenters. The molecule has 0 aliphatic carbocycles. The van der Waals surface area contributed by atoms with Crippen molar-refractivity contribution in [2.45, 2.75) is 79.3 Å². The van der Waals surface area contributed by atoms with Crippen LogP contribution in [0.2, 0.25) is 0 Å². The molecule has 0 saturated carbocycles. The predicted octanol–water partition coefficient (Wildman–Crippen LogP) is 3.91. The van der Waals surface area contributed by atoms with E-state index in [9.17, 15) is 0 Å². The van der Waals surface area contributed by atoms with E-state index in [0.29, 0.717) is 5.41 Å². The molecule has 0 spiro atoms. The summed E-state index contributed by atoms with van der Waals surface area (Å²) in [4.78, 5) is 2.55. The highest BCUT2D eigenvalue weighted by molar-refractivity contribution is 4.84. The summed E-state index contributed by atoms with van der Waals surface area (Å²) in [5.74, 6) is 0. The van der Waals surface area contributed by atoms with Crippen molar-refractivity contribution in [3.05, 3.63) is 0 Å². The molecule has 0 rings (SSSR count). The van der Waals surface area contributed by atoms with Gasteiger partial charge in [-0.05, 0) is 52.5 Å². The molecule has 18 heavy (non-hydrogen) atoms. The topological polar surface area (TPSA) is 15.3 Å². The van der Waals surface area contributed by atoms with Crippen LogP contribution >= 0.6 is 0 Å². The van der Waals surface area contributed by atoms with Crippen LogP contribution in [0.5, 0.6) is 0 Å². The minimum absolute atomic E-state index is 0.212. The van der Waals surface area contributed by atoms with E-state index >= 15 is 0 Å². The van der Waals surface area contributed by atoms with Crippen LogP contribution in [0, 0.1) is 5.41 Å². The molecule has 0 aromatic carbocycles. The van der Waals surface area contributed by atoms with Gasteiger partial charge in [0, 0.05) is 24.7 Å². The number of hydrogen-bond donors (Lipinski definition) is 1. The molecule has 0 aromatic rings. The Morgan fingerprint density at radius 2 is 1.50 bits per heavy atom. The van der Waals surface area contributed by atoms with Crippen molar-refractivity contribution < 1.29 is 0 Å². The summed E-state index contributed by atoms with van der Waals surface area (Å²) in [6.45, 7) is 18.3. The first-order chi connectivity index (χ1) is 8.17. The van der Waals surface area contributed by atoms with Crippen LogP contribution in [-0.4, -0.2) is 36.6 Å². The molecule has 0 bridgehead atoms. The smallest absolute Gasteiger partial charge is 0.00967 e. The first kappa shape index (κ1) is 17.9. The summed E-state index contributed by atoms with van der Waals surface area (Å²) in [5.41, 5.74) is 0.578. The summed E-state index contributed by atoms with van der Waals surface area (Å²) in [6, 6.07) is 0.727. The normalized spacial score (nSPS) is 16.3. The summed E-state index contributed by atoms with van der Waals surface area (Å²) in [6.07, 6.45) is 3.72. The van der Waals surface area contributed by atoms with Crippen LogP contribution in [0.4, 0.5) is 0 Å². The minimum atomic E-state index is 0.212. The Labute approximate surface area is 116 Å². The Balaban J connectivity index is 4.46. The Hall–Kier alpha value is -0.0800. The van der Waals surface area contributed by atoms with Gasteiger partial charge in [0.1, 0.15) is 0 Å². The fraction of sp³-hybridized carbons (Fsp3) is 1.00. The largest absolute Gasteiger partial charge is 0.311 e. The number of rotatable bonds is 8. The van der Waals surface area contributed by atoms with Crippen LogP contribution in [0.3, 0.4) is 0 Å². The van der Waals surface area contributed by atoms with Gasteiger partial charge < -0.3 is 10.2 Å². The van der Waals surface area contributed by atoms with Crippen LogP contribution in [0.1, 0.15) is 67.7 Å². The van der Waals surface area contributed by atoms with E-state index in [2.05, 4.69) is 65.7 Å². The molecule has 0 aromatic heterocycles. The zero-order chi connectivity index (χ0) is 14.4. The summed E-state index contributed by atoms with van der Waals surface area (Å²) < 4.78 is 0. The van der Waals surface area contributed by atoms with Crippen molar-refractivity contribution >= 4 is 0 Å². The van der Waals surface area contributed by atoms with Gasteiger partial charge in [0.2, 0.25) is 0 Å². The molecule has 0 amide bonds. The third-order valence-corrected chi connectivity index (χ3v) is 4.10. The van der Waals surface area contributed by atoms with E-state index in [4.69, 9.17) is 0 Å².